The highest BCUT2D eigenvalue weighted by Gasteiger charge is 2.15. The zero-order valence-corrected chi connectivity index (χ0v) is 20.1. The van der Waals surface area contributed by atoms with Crippen molar-refractivity contribution in [3.05, 3.63) is 57.4 Å². The van der Waals surface area contributed by atoms with Crippen LogP contribution in [-0.2, 0) is 0 Å². The van der Waals surface area contributed by atoms with Gasteiger partial charge in [0, 0.05) is 22.7 Å². The van der Waals surface area contributed by atoms with Crippen molar-refractivity contribution in [2.24, 2.45) is 0 Å². The largest absolute Gasteiger partial charge is 0.497 e. The number of carbonyl (C=O) groups is 1. The number of ether oxygens (including phenoxy) is 2. The van der Waals surface area contributed by atoms with Crippen molar-refractivity contribution < 1.29 is 14.3 Å². The van der Waals surface area contributed by atoms with Crippen molar-refractivity contribution in [1.82, 2.24) is 4.98 Å². The zero-order chi connectivity index (χ0) is 22.7. The fourth-order valence-corrected chi connectivity index (χ4v) is 3.30. The van der Waals surface area contributed by atoms with E-state index in [1.807, 2.05) is 46.1 Å². The van der Waals surface area contributed by atoms with Crippen LogP contribution in [0.3, 0.4) is 0 Å². The first-order valence-corrected chi connectivity index (χ1v) is 11.0. The molecule has 1 heterocycles. The molecule has 1 aromatic heterocycles. The second-order valence-corrected chi connectivity index (χ2v) is 6.94. The number of carbonyl (C=O) groups excluding carboxylic acids is 1. The Labute approximate surface area is 188 Å². The average molecular weight is 449 g/mol. The third-order valence-corrected chi connectivity index (χ3v) is 4.88. The highest BCUT2D eigenvalue weighted by molar-refractivity contribution is 7.09. The van der Waals surface area contributed by atoms with E-state index in [4.69, 9.17) is 21.1 Å². The Morgan fingerprint density at radius 1 is 1.03 bits per heavy atom. The second kappa shape index (κ2) is 12.9. The third kappa shape index (κ3) is 6.47. The van der Waals surface area contributed by atoms with Gasteiger partial charge in [-0.2, -0.15) is 0 Å². The molecule has 0 bridgehead atoms. The van der Waals surface area contributed by atoms with Crippen molar-refractivity contribution in [2.75, 3.05) is 19.5 Å². The van der Waals surface area contributed by atoms with Crippen LogP contribution in [0.2, 0.25) is 5.02 Å². The number of benzene rings is 2. The lowest BCUT2D eigenvalue weighted by atomic mass is 10.1. The monoisotopic (exact) mass is 448 g/mol. The van der Waals surface area contributed by atoms with E-state index in [1.54, 1.807) is 48.8 Å². The highest BCUT2D eigenvalue weighted by Crippen LogP contribution is 2.32. The molecule has 3 rings (SSSR count). The molecule has 5 nitrogen and oxygen atoms in total. The van der Waals surface area contributed by atoms with Gasteiger partial charge in [0.05, 0.1) is 35.5 Å². The van der Waals surface area contributed by atoms with Crippen LogP contribution in [0.5, 0.6) is 11.5 Å². The van der Waals surface area contributed by atoms with E-state index < -0.39 is 0 Å². The van der Waals surface area contributed by atoms with Crippen LogP contribution in [-0.4, -0.2) is 25.1 Å². The SMILES string of the molecule is CC.CC.COc1ccc(C(=O)Nc2ccc(Cl)c(-c3csc(C)n3)c2)c(OC)c1. The van der Waals surface area contributed by atoms with Gasteiger partial charge in [0.15, 0.2) is 0 Å². The van der Waals surface area contributed by atoms with Crippen LogP contribution in [0.4, 0.5) is 5.69 Å². The molecule has 0 fully saturated rings. The molecule has 3 aromatic rings. The lowest BCUT2D eigenvalue weighted by molar-refractivity contribution is 0.102. The molecule has 0 aliphatic carbocycles. The summed E-state index contributed by atoms with van der Waals surface area (Å²) in [7, 11) is 3.07. The molecule has 0 aliphatic rings. The van der Waals surface area contributed by atoms with Gasteiger partial charge < -0.3 is 14.8 Å². The van der Waals surface area contributed by atoms with Gasteiger partial charge in [-0.3, -0.25) is 4.79 Å². The van der Waals surface area contributed by atoms with E-state index >= 15 is 0 Å². The molecule has 0 radical (unpaired) electrons. The molecule has 0 aliphatic heterocycles. The first-order valence-electron chi connectivity index (χ1n) is 9.77. The minimum atomic E-state index is -0.285. The standard InChI is InChI=1S/C19H17ClN2O3S.2C2H6/c1-11-21-17(10-26-11)15-8-12(4-7-16(15)20)22-19(23)14-6-5-13(24-2)9-18(14)25-3;2*1-2/h4-10H,1-3H3,(H,22,23);2*1-2H3. The highest BCUT2D eigenvalue weighted by atomic mass is 35.5. The first kappa shape index (κ1) is 25.5. The predicted octanol–water partition coefficient (Wildman–Crippen LogP) is 7.09. The first-order chi connectivity index (χ1) is 14.5. The minimum absolute atomic E-state index is 0.285. The van der Waals surface area contributed by atoms with E-state index in [-0.39, 0.29) is 5.91 Å². The van der Waals surface area contributed by atoms with Gasteiger partial charge in [-0.1, -0.05) is 39.3 Å². The normalized spacial score (nSPS) is 9.47. The van der Waals surface area contributed by atoms with E-state index in [2.05, 4.69) is 10.3 Å². The number of nitrogens with zero attached hydrogens (tertiary/aromatic N) is 1. The Balaban J connectivity index is 0.00000106. The molecular formula is C23H29ClN2O3S. The summed E-state index contributed by atoms with van der Waals surface area (Å²) in [5.41, 5.74) is 2.60. The molecule has 162 valence electrons. The predicted molar refractivity (Wildman–Crippen MR) is 127 cm³/mol. The molecule has 7 heteroatoms. The fourth-order valence-electron chi connectivity index (χ4n) is 2.47. The number of aryl methyl sites for hydroxylation is 1. The molecule has 0 atom stereocenters. The third-order valence-electron chi connectivity index (χ3n) is 3.77. The zero-order valence-electron chi connectivity index (χ0n) is 18.5. The van der Waals surface area contributed by atoms with Crippen LogP contribution in [0, 0.1) is 6.92 Å². The lowest BCUT2D eigenvalue weighted by Gasteiger charge is -2.12. The number of rotatable bonds is 5. The van der Waals surface area contributed by atoms with Gasteiger partial charge >= 0.3 is 0 Å². The molecule has 30 heavy (non-hydrogen) atoms. The van der Waals surface area contributed by atoms with Gasteiger partial charge in [0.25, 0.3) is 5.91 Å². The van der Waals surface area contributed by atoms with Crippen molar-refractivity contribution in [2.45, 2.75) is 34.6 Å². The summed E-state index contributed by atoms with van der Waals surface area (Å²) in [6, 6.07) is 10.3. The van der Waals surface area contributed by atoms with Gasteiger partial charge in [0.1, 0.15) is 11.5 Å². The van der Waals surface area contributed by atoms with Crippen LogP contribution >= 0.6 is 22.9 Å². The Bertz CT molecular complexity index is 957. The average Bonchev–Trinajstić information content (AvgIpc) is 3.23. The van der Waals surface area contributed by atoms with E-state index in [1.165, 1.54) is 7.11 Å². The lowest BCUT2D eigenvalue weighted by Crippen LogP contribution is -2.13. The Morgan fingerprint density at radius 2 is 1.73 bits per heavy atom. The van der Waals surface area contributed by atoms with E-state index in [0.717, 1.165) is 16.3 Å². The van der Waals surface area contributed by atoms with Crippen molar-refractivity contribution in [3.63, 3.8) is 0 Å². The maximum Gasteiger partial charge on any atom is 0.259 e. The summed E-state index contributed by atoms with van der Waals surface area (Å²) in [5.74, 6) is 0.768. The van der Waals surface area contributed by atoms with Gasteiger partial charge in [-0.15, -0.1) is 11.3 Å². The Hall–Kier alpha value is -2.57. The Kier molecular flexibility index (Phi) is 10.9. The number of thiazole rings is 1. The quantitative estimate of drug-likeness (QED) is 0.452. The van der Waals surface area contributed by atoms with E-state index in [0.29, 0.717) is 27.8 Å². The van der Waals surface area contributed by atoms with Gasteiger partial charge in [-0.25, -0.2) is 4.98 Å². The number of hydrogen-bond acceptors (Lipinski definition) is 5. The maximum absolute atomic E-state index is 12.7. The smallest absolute Gasteiger partial charge is 0.259 e. The topological polar surface area (TPSA) is 60.5 Å². The summed E-state index contributed by atoms with van der Waals surface area (Å²) in [6.07, 6.45) is 0. The summed E-state index contributed by atoms with van der Waals surface area (Å²) < 4.78 is 10.4. The number of anilines is 1. The molecule has 1 amide bonds. The number of aromatic nitrogens is 1. The number of nitrogens with one attached hydrogen (secondary N) is 1. The molecule has 0 saturated heterocycles. The van der Waals surface area contributed by atoms with Crippen LogP contribution in [0.1, 0.15) is 43.1 Å². The van der Waals surface area contributed by atoms with Crippen molar-refractivity contribution >= 4 is 34.5 Å². The number of amides is 1. The number of halogens is 1. The van der Waals surface area contributed by atoms with Crippen LogP contribution in [0.15, 0.2) is 41.8 Å². The summed E-state index contributed by atoms with van der Waals surface area (Å²) in [5, 5.41) is 6.34. The minimum Gasteiger partial charge on any atom is -0.497 e. The summed E-state index contributed by atoms with van der Waals surface area (Å²) in [6.45, 7) is 9.93. The van der Waals surface area contributed by atoms with E-state index in [9.17, 15) is 4.79 Å². The second-order valence-electron chi connectivity index (χ2n) is 5.47. The van der Waals surface area contributed by atoms with Gasteiger partial charge in [0.2, 0.25) is 0 Å². The molecule has 2 aromatic carbocycles. The number of methoxy groups -OCH3 is 2. The maximum atomic E-state index is 12.7. The molecule has 0 spiro atoms. The molecule has 0 saturated carbocycles. The Morgan fingerprint density at radius 3 is 2.30 bits per heavy atom. The summed E-state index contributed by atoms with van der Waals surface area (Å²) in [4.78, 5) is 17.1. The molecular weight excluding hydrogens is 420 g/mol. The summed E-state index contributed by atoms with van der Waals surface area (Å²) >= 11 is 7.84. The fraction of sp³-hybridized carbons (Fsp3) is 0.304. The molecule has 0 unspecified atom stereocenters. The number of hydrogen-bond donors (Lipinski definition) is 1. The van der Waals surface area contributed by atoms with Crippen LogP contribution in [0.25, 0.3) is 11.3 Å². The van der Waals surface area contributed by atoms with Gasteiger partial charge in [-0.05, 0) is 37.3 Å². The molecule has 1 N–H and O–H groups in total. The van der Waals surface area contributed by atoms with Crippen molar-refractivity contribution in [1.29, 1.82) is 0 Å². The van der Waals surface area contributed by atoms with Crippen LogP contribution < -0.4 is 14.8 Å². The van der Waals surface area contributed by atoms with Crippen molar-refractivity contribution in [3.8, 4) is 22.8 Å².